The van der Waals surface area contributed by atoms with Gasteiger partial charge in [-0.25, -0.2) is 0 Å². The van der Waals surface area contributed by atoms with Crippen LogP contribution in [0.2, 0.25) is 0 Å². The minimum Gasteiger partial charge on any atom is -0.384 e. The summed E-state index contributed by atoms with van der Waals surface area (Å²) < 4.78 is 0. The van der Waals surface area contributed by atoms with Crippen LogP contribution < -0.4 is 5.32 Å². The quantitative estimate of drug-likeness (QED) is 0.730. The fourth-order valence-electron chi connectivity index (χ4n) is 2.40. The summed E-state index contributed by atoms with van der Waals surface area (Å²) in [5.41, 5.74) is 0. The molecule has 2 N–H and O–H groups in total. The molecule has 0 aromatic rings. The van der Waals surface area contributed by atoms with E-state index in [0.29, 0.717) is 13.1 Å². The summed E-state index contributed by atoms with van der Waals surface area (Å²) in [6.07, 6.45) is 2.65. The molecule has 1 fully saturated rings. The summed E-state index contributed by atoms with van der Waals surface area (Å²) in [6.45, 7) is 6.64. The van der Waals surface area contributed by atoms with Crippen LogP contribution in [0.25, 0.3) is 0 Å². The number of nitrogens with one attached hydrogen (secondary N) is 1. The number of likely N-dealkylation sites (tertiary alicyclic amines) is 1. The van der Waals surface area contributed by atoms with Gasteiger partial charge in [0.05, 0.1) is 5.92 Å². The summed E-state index contributed by atoms with van der Waals surface area (Å²) >= 11 is 0. The summed E-state index contributed by atoms with van der Waals surface area (Å²) in [4.78, 5) is 25.5. The molecule has 5 heteroatoms. The molecule has 0 aliphatic carbocycles. The minimum absolute atomic E-state index is 0.0312. The Kier molecular flexibility index (Phi) is 6.28. The van der Waals surface area contributed by atoms with Crippen molar-refractivity contribution in [3.8, 4) is 0 Å². The SMILES string of the molecule is CCCCNC(=O)C1CCC(C)N(C(=O)C(C)O)C1. The van der Waals surface area contributed by atoms with Crippen LogP contribution in [-0.4, -0.2) is 47.1 Å². The van der Waals surface area contributed by atoms with Crippen molar-refractivity contribution in [1.29, 1.82) is 0 Å². The molecule has 0 aromatic heterocycles. The molecule has 0 radical (unpaired) electrons. The molecular formula is C14H26N2O3. The standard InChI is InChI=1S/C14H26N2O3/c1-4-5-8-15-13(18)12-7-6-10(2)16(9-12)14(19)11(3)17/h10-12,17H,4-9H2,1-3H3,(H,15,18). The van der Waals surface area contributed by atoms with Crippen LogP contribution in [0.5, 0.6) is 0 Å². The van der Waals surface area contributed by atoms with Crippen molar-refractivity contribution in [2.24, 2.45) is 5.92 Å². The van der Waals surface area contributed by atoms with Gasteiger partial charge in [-0.05, 0) is 33.1 Å². The number of aliphatic hydroxyl groups excluding tert-OH is 1. The van der Waals surface area contributed by atoms with E-state index in [1.807, 2.05) is 6.92 Å². The van der Waals surface area contributed by atoms with Crippen molar-refractivity contribution in [3.63, 3.8) is 0 Å². The molecule has 0 bridgehead atoms. The van der Waals surface area contributed by atoms with Gasteiger partial charge in [-0.2, -0.15) is 0 Å². The zero-order valence-electron chi connectivity index (χ0n) is 12.2. The summed E-state index contributed by atoms with van der Waals surface area (Å²) in [5, 5.41) is 12.3. The third kappa shape index (κ3) is 4.49. The lowest BCUT2D eigenvalue weighted by Crippen LogP contribution is -2.51. The third-order valence-electron chi connectivity index (χ3n) is 3.72. The van der Waals surface area contributed by atoms with Crippen molar-refractivity contribution in [3.05, 3.63) is 0 Å². The Morgan fingerprint density at radius 2 is 2.11 bits per heavy atom. The number of carbonyl (C=O) groups is 2. The minimum atomic E-state index is -0.996. The summed E-state index contributed by atoms with van der Waals surface area (Å²) in [6, 6.07) is 0.0989. The summed E-state index contributed by atoms with van der Waals surface area (Å²) in [7, 11) is 0. The molecular weight excluding hydrogens is 244 g/mol. The highest BCUT2D eigenvalue weighted by Crippen LogP contribution is 2.22. The maximum atomic E-state index is 12.0. The molecule has 19 heavy (non-hydrogen) atoms. The number of unbranched alkanes of at least 4 members (excludes halogenated alkanes) is 1. The van der Waals surface area contributed by atoms with Gasteiger partial charge in [0, 0.05) is 19.1 Å². The highest BCUT2D eigenvalue weighted by molar-refractivity contribution is 5.83. The highest BCUT2D eigenvalue weighted by Gasteiger charge is 2.33. The Morgan fingerprint density at radius 3 is 2.68 bits per heavy atom. The van der Waals surface area contributed by atoms with E-state index in [0.717, 1.165) is 25.7 Å². The fourth-order valence-corrected chi connectivity index (χ4v) is 2.40. The zero-order chi connectivity index (χ0) is 14.4. The smallest absolute Gasteiger partial charge is 0.251 e. The van der Waals surface area contributed by atoms with E-state index >= 15 is 0 Å². The number of amides is 2. The van der Waals surface area contributed by atoms with Crippen LogP contribution in [0.15, 0.2) is 0 Å². The molecule has 5 nitrogen and oxygen atoms in total. The van der Waals surface area contributed by atoms with E-state index < -0.39 is 6.10 Å². The van der Waals surface area contributed by atoms with E-state index in [9.17, 15) is 14.7 Å². The van der Waals surface area contributed by atoms with Crippen molar-refractivity contribution < 1.29 is 14.7 Å². The first-order valence-corrected chi connectivity index (χ1v) is 7.23. The lowest BCUT2D eigenvalue weighted by Gasteiger charge is -2.38. The molecule has 0 saturated carbocycles. The van der Waals surface area contributed by atoms with Crippen LogP contribution in [-0.2, 0) is 9.59 Å². The van der Waals surface area contributed by atoms with Gasteiger partial charge >= 0.3 is 0 Å². The van der Waals surface area contributed by atoms with Gasteiger partial charge < -0.3 is 15.3 Å². The highest BCUT2D eigenvalue weighted by atomic mass is 16.3. The molecule has 3 atom stereocenters. The van der Waals surface area contributed by atoms with E-state index in [4.69, 9.17) is 0 Å². The Morgan fingerprint density at radius 1 is 1.42 bits per heavy atom. The van der Waals surface area contributed by atoms with E-state index in [1.165, 1.54) is 6.92 Å². The topological polar surface area (TPSA) is 69.6 Å². The second kappa shape index (κ2) is 7.48. The third-order valence-corrected chi connectivity index (χ3v) is 3.72. The molecule has 1 aliphatic rings. The predicted octanol–water partition coefficient (Wildman–Crippen LogP) is 0.911. The van der Waals surface area contributed by atoms with E-state index in [-0.39, 0.29) is 23.8 Å². The van der Waals surface area contributed by atoms with Gasteiger partial charge in [0.2, 0.25) is 5.91 Å². The average molecular weight is 270 g/mol. The number of rotatable bonds is 5. The van der Waals surface area contributed by atoms with Crippen LogP contribution >= 0.6 is 0 Å². The van der Waals surface area contributed by atoms with Gasteiger partial charge in [0.25, 0.3) is 5.91 Å². The molecule has 1 aliphatic heterocycles. The Labute approximate surface area is 115 Å². The first-order chi connectivity index (χ1) is 8.97. The number of piperidine rings is 1. The number of carbonyl (C=O) groups excluding carboxylic acids is 2. The molecule has 2 amide bonds. The summed E-state index contributed by atoms with van der Waals surface area (Å²) in [5.74, 6) is -0.391. The molecule has 1 saturated heterocycles. The maximum absolute atomic E-state index is 12.0. The number of aliphatic hydroxyl groups is 1. The van der Waals surface area contributed by atoms with Gasteiger partial charge in [0.15, 0.2) is 0 Å². The molecule has 0 spiro atoms. The van der Waals surface area contributed by atoms with Crippen molar-refractivity contribution >= 4 is 11.8 Å². The average Bonchev–Trinajstić information content (AvgIpc) is 2.38. The van der Waals surface area contributed by atoms with Gasteiger partial charge in [-0.15, -0.1) is 0 Å². The Hall–Kier alpha value is -1.10. The molecule has 1 heterocycles. The monoisotopic (exact) mass is 270 g/mol. The second-order valence-electron chi connectivity index (χ2n) is 5.43. The second-order valence-corrected chi connectivity index (χ2v) is 5.43. The molecule has 0 aromatic carbocycles. The molecule has 1 rings (SSSR count). The van der Waals surface area contributed by atoms with Crippen LogP contribution in [0.4, 0.5) is 0 Å². The Balaban J connectivity index is 2.54. The number of hydrogen-bond acceptors (Lipinski definition) is 3. The first kappa shape index (κ1) is 16.0. The van der Waals surface area contributed by atoms with Crippen LogP contribution in [0, 0.1) is 5.92 Å². The van der Waals surface area contributed by atoms with Gasteiger partial charge in [0.1, 0.15) is 6.10 Å². The fraction of sp³-hybridized carbons (Fsp3) is 0.857. The van der Waals surface area contributed by atoms with E-state index in [1.54, 1.807) is 4.90 Å². The van der Waals surface area contributed by atoms with Crippen molar-refractivity contribution in [2.75, 3.05) is 13.1 Å². The number of nitrogens with zero attached hydrogens (tertiary/aromatic N) is 1. The lowest BCUT2D eigenvalue weighted by molar-refractivity contribution is -0.145. The Bertz CT molecular complexity index is 318. The normalized spacial score (nSPS) is 24.9. The number of hydrogen-bond donors (Lipinski definition) is 2. The van der Waals surface area contributed by atoms with Crippen LogP contribution in [0.3, 0.4) is 0 Å². The molecule has 110 valence electrons. The maximum Gasteiger partial charge on any atom is 0.251 e. The largest absolute Gasteiger partial charge is 0.384 e. The molecule has 3 unspecified atom stereocenters. The van der Waals surface area contributed by atoms with Gasteiger partial charge in [-0.3, -0.25) is 9.59 Å². The van der Waals surface area contributed by atoms with Crippen molar-refractivity contribution in [1.82, 2.24) is 10.2 Å². The van der Waals surface area contributed by atoms with Crippen LogP contribution in [0.1, 0.15) is 46.5 Å². The lowest BCUT2D eigenvalue weighted by atomic mass is 9.92. The van der Waals surface area contributed by atoms with E-state index in [2.05, 4.69) is 12.2 Å². The zero-order valence-corrected chi connectivity index (χ0v) is 12.2. The predicted molar refractivity (Wildman–Crippen MR) is 73.5 cm³/mol. The van der Waals surface area contributed by atoms with Gasteiger partial charge in [-0.1, -0.05) is 13.3 Å². The first-order valence-electron chi connectivity index (χ1n) is 7.23. The van der Waals surface area contributed by atoms with Crippen molar-refractivity contribution in [2.45, 2.75) is 58.6 Å².